The third-order valence-electron chi connectivity index (χ3n) is 2.80. The Kier molecular flexibility index (Phi) is 3.43. The van der Waals surface area contributed by atoms with Gasteiger partial charge in [-0.1, -0.05) is 26.1 Å². The van der Waals surface area contributed by atoms with Crippen LogP contribution in [0.3, 0.4) is 0 Å². The van der Waals surface area contributed by atoms with E-state index < -0.39 is 0 Å². The van der Waals surface area contributed by atoms with Gasteiger partial charge in [-0.15, -0.1) is 0 Å². The maximum atomic E-state index is 5.77. The maximum Gasteiger partial charge on any atom is 0.163 e. The molecule has 0 aliphatic carbocycles. The normalized spacial score (nSPS) is 10.9. The standard InChI is InChI=1S/C13H16N4S/c1-8(2)10-5-7-17(16-10)13-11(12(14)18)9(3)4-6-15-13/h4-8H,1-3H3,(H2,14,18). The van der Waals surface area contributed by atoms with Crippen LogP contribution in [0.1, 0.15) is 36.6 Å². The van der Waals surface area contributed by atoms with Crippen LogP contribution in [0.4, 0.5) is 0 Å². The monoisotopic (exact) mass is 260 g/mol. The van der Waals surface area contributed by atoms with Gasteiger partial charge in [0.2, 0.25) is 0 Å². The summed E-state index contributed by atoms with van der Waals surface area (Å²) >= 11 is 5.09. The van der Waals surface area contributed by atoms with Crippen molar-refractivity contribution in [2.24, 2.45) is 5.73 Å². The topological polar surface area (TPSA) is 56.7 Å². The van der Waals surface area contributed by atoms with Crippen LogP contribution in [-0.4, -0.2) is 19.8 Å². The number of rotatable bonds is 3. The lowest BCUT2D eigenvalue weighted by Gasteiger charge is -2.10. The molecule has 0 radical (unpaired) electrons. The highest BCUT2D eigenvalue weighted by atomic mass is 32.1. The van der Waals surface area contributed by atoms with E-state index >= 15 is 0 Å². The Bertz CT molecular complexity index is 586. The molecule has 0 aliphatic rings. The van der Waals surface area contributed by atoms with Gasteiger partial charge >= 0.3 is 0 Å². The first-order valence-electron chi connectivity index (χ1n) is 5.82. The first-order valence-corrected chi connectivity index (χ1v) is 6.23. The van der Waals surface area contributed by atoms with E-state index in [2.05, 4.69) is 23.9 Å². The second kappa shape index (κ2) is 4.86. The quantitative estimate of drug-likeness (QED) is 0.861. The van der Waals surface area contributed by atoms with Gasteiger partial charge in [-0.3, -0.25) is 0 Å². The van der Waals surface area contributed by atoms with E-state index in [0.29, 0.717) is 16.7 Å². The van der Waals surface area contributed by atoms with Gasteiger partial charge < -0.3 is 5.73 Å². The molecule has 0 fully saturated rings. The van der Waals surface area contributed by atoms with Crippen LogP contribution in [0, 0.1) is 6.92 Å². The lowest BCUT2D eigenvalue weighted by atomic mass is 10.1. The smallest absolute Gasteiger partial charge is 0.163 e. The summed E-state index contributed by atoms with van der Waals surface area (Å²) in [5.41, 5.74) is 8.58. The molecule has 0 saturated carbocycles. The van der Waals surface area contributed by atoms with Crippen LogP contribution in [0.25, 0.3) is 5.82 Å². The van der Waals surface area contributed by atoms with E-state index in [1.165, 1.54) is 0 Å². The molecule has 4 nitrogen and oxygen atoms in total. The Morgan fingerprint density at radius 3 is 2.67 bits per heavy atom. The lowest BCUT2D eigenvalue weighted by molar-refractivity contribution is 0.756. The van der Waals surface area contributed by atoms with Crippen molar-refractivity contribution >= 4 is 17.2 Å². The SMILES string of the molecule is Cc1ccnc(-n2ccc(C(C)C)n2)c1C(N)=S. The van der Waals surface area contributed by atoms with E-state index in [4.69, 9.17) is 18.0 Å². The summed E-state index contributed by atoms with van der Waals surface area (Å²) in [6, 6.07) is 3.88. The Hall–Kier alpha value is -1.75. The highest BCUT2D eigenvalue weighted by molar-refractivity contribution is 7.80. The van der Waals surface area contributed by atoms with Gasteiger partial charge in [0.15, 0.2) is 5.82 Å². The second-order valence-electron chi connectivity index (χ2n) is 4.53. The summed E-state index contributed by atoms with van der Waals surface area (Å²) in [4.78, 5) is 4.68. The van der Waals surface area contributed by atoms with Crippen molar-refractivity contribution in [2.45, 2.75) is 26.7 Å². The molecule has 0 atom stereocenters. The van der Waals surface area contributed by atoms with Gasteiger partial charge in [0.05, 0.1) is 11.3 Å². The van der Waals surface area contributed by atoms with E-state index in [9.17, 15) is 0 Å². The van der Waals surface area contributed by atoms with Crippen LogP contribution in [-0.2, 0) is 0 Å². The van der Waals surface area contributed by atoms with Crippen molar-refractivity contribution in [3.8, 4) is 5.82 Å². The molecule has 2 aromatic heterocycles. The van der Waals surface area contributed by atoms with Gasteiger partial charge in [-0.2, -0.15) is 5.10 Å². The minimum Gasteiger partial charge on any atom is -0.389 e. The number of aromatic nitrogens is 3. The number of nitrogens with zero attached hydrogens (tertiary/aromatic N) is 3. The van der Waals surface area contributed by atoms with Crippen LogP contribution in [0.2, 0.25) is 0 Å². The van der Waals surface area contributed by atoms with E-state index in [-0.39, 0.29) is 0 Å². The molecule has 0 amide bonds. The number of hydrogen-bond acceptors (Lipinski definition) is 3. The summed E-state index contributed by atoms with van der Waals surface area (Å²) in [6.45, 7) is 6.17. The molecule has 0 saturated heterocycles. The van der Waals surface area contributed by atoms with Crippen LogP contribution in [0.5, 0.6) is 0 Å². The van der Waals surface area contributed by atoms with Crippen molar-refractivity contribution in [2.75, 3.05) is 0 Å². The predicted molar refractivity (Wildman–Crippen MR) is 76.1 cm³/mol. The molecule has 5 heteroatoms. The average Bonchev–Trinajstić information content (AvgIpc) is 2.77. The highest BCUT2D eigenvalue weighted by Crippen LogP contribution is 2.18. The van der Waals surface area contributed by atoms with Crippen LogP contribution in [0.15, 0.2) is 24.5 Å². The minimum atomic E-state index is 0.345. The molecular weight excluding hydrogens is 244 g/mol. The molecule has 2 N–H and O–H groups in total. The highest BCUT2D eigenvalue weighted by Gasteiger charge is 2.13. The molecule has 0 bridgehead atoms. The number of hydrogen-bond donors (Lipinski definition) is 1. The molecule has 2 heterocycles. The van der Waals surface area contributed by atoms with Gasteiger partial charge in [0.25, 0.3) is 0 Å². The van der Waals surface area contributed by atoms with Gasteiger partial charge in [-0.25, -0.2) is 9.67 Å². The molecule has 2 aromatic rings. The van der Waals surface area contributed by atoms with Crippen LogP contribution < -0.4 is 5.73 Å². The van der Waals surface area contributed by atoms with Crippen molar-refractivity contribution < 1.29 is 0 Å². The third-order valence-corrected chi connectivity index (χ3v) is 3.01. The Balaban J connectivity index is 2.56. The van der Waals surface area contributed by atoms with E-state index in [1.54, 1.807) is 10.9 Å². The molecule has 94 valence electrons. The molecule has 18 heavy (non-hydrogen) atoms. The van der Waals surface area contributed by atoms with Crippen molar-refractivity contribution in [3.63, 3.8) is 0 Å². The maximum absolute atomic E-state index is 5.77. The minimum absolute atomic E-state index is 0.345. The Morgan fingerprint density at radius 1 is 1.39 bits per heavy atom. The first kappa shape index (κ1) is 12.7. The Morgan fingerprint density at radius 2 is 2.11 bits per heavy atom. The van der Waals surface area contributed by atoms with Crippen molar-refractivity contribution in [1.29, 1.82) is 0 Å². The predicted octanol–water partition coefficient (Wildman–Crippen LogP) is 2.33. The van der Waals surface area contributed by atoms with Crippen molar-refractivity contribution in [1.82, 2.24) is 14.8 Å². The average molecular weight is 260 g/mol. The number of pyridine rings is 1. The van der Waals surface area contributed by atoms with E-state index in [1.807, 2.05) is 25.3 Å². The molecule has 0 aromatic carbocycles. The molecule has 0 unspecified atom stereocenters. The summed E-state index contributed by atoms with van der Waals surface area (Å²) in [5, 5.41) is 4.50. The van der Waals surface area contributed by atoms with Gasteiger partial charge in [0.1, 0.15) is 4.99 Å². The second-order valence-corrected chi connectivity index (χ2v) is 4.97. The largest absolute Gasteiger partial charge is 0.389 e. The summed E-state index contributed by atoms with van der Waals surface area (Å²) in [6.07, 6.45) is 3.63. The van der Waals surface area contributed by atoms with Gasteiger partial charge in [0, 0.05) is 12.4 Å². The molecular formula is C13H16N4S. The molecule has 0 aliphatic heterocycles. The fraction of sp³-hybridized carbons (Fsp3) is 0.308. The first-order chi connectivity index (χ1) is 8.50. The van der Waals surface area contributed by atoms with Crippen LogP contribution >= 0.6 is 12.2 Å². The number of aryl methyl sites for hydroxylation is 1. The number of nitrogens with two attached hydrogens (primary N) is 1. The molecule has 2 rings (SSSR count). The zero-order valence-corrected chi connectivity index (χ0v) is 11.5. The summed E-state index contributed by atoms with van der Waals surface area (Å²) < 4.78 is 1.73. The Labute approximate surface area is 112 Å². The lowest BCUT2D eigenvalue weighted by Crippen LogP contribution is -2.17. The third kappa shape index (κ3) is 2.26. The zero-order chi connectivity index (χ0) is 13.3. The fourth-order valence-electron chi connectivity index (χ4n) is 1.79. The van der Waals surface area contributed by atoms with Gasteiger partial charge in [-0.05, 0) is 30.5 Å². The summed E-state index contributed by atoms with van der Waals surface area (Å²) in [7, 11) is 0. The summed E-state index contributed by atoms with van der Waals surface area (Å²) in [5.74, 6) is 1.07. The molecule has 0 spiro atoms. The van der Waals surface area contributed by atoms with Crippen molar-refractivity contribution in [3.05, 3.63) is 41.3 Å². The zero-order valence-electron chi connectivity index (χ0n) is 10.7. The van der Waals surface area contributed by atoms with E-state index in [0.717, 1.165) is 16.8 Å². The fourth-order valence-corrected chi connectivity index (χ4v) is 2.04. The number of thiocarbonyl (C=S) groups is 1.